The largest absolute Gasteiger partial charge is 0.339 e. The fraction of sp³-hybridized carbons (Fsp3) is 0.938. The maximum atomic E-state index is 12.5. The number of hydrogen-bond acceptors (Lipinski definition) is 3. The van der Waals surface area contributed by atoms with Crippen LogP contribution in [-0.2, 0) is 4.79 Å². The summed E-state index contributed by atoms with van der Waals surface area (Å²) in [6.07, 6.45) is 1.91. The van der Waals surface area contributed by atoms with Crippen LogP contribution < -0.4 is 0 Å². The summed E-state index contributed by atoms with van der Waals surface area (Å²) >= 11 is 0. The first-order valence-corrected chi connectivity index (χ1v) is 8.09. The van der Waals surface area contributed by atoms with Crippen LogP contribution in [0.15, 0.2) is 0 Å². The molecule has 0 bridgehead atoms. The van der Waals surface area contributed by atoms with Crippen LogP contribution in [0.1, 0.15) is 40.5 Å². The molecule has 2 atom stereocenters. The van der Waals surface area contributed by atoms with E-state index < -0.39 is 0 Å². The highest BCUT2D eigenvalue weighted by molar-refractivity contribution is 5.79. The second kappa shape index (κ2) is 7.99. The van der Waals surface area contributed by atoms with Gasteiger partial charge in [0.2, 0.25) is 5.91 Å². The molecule has 0 radical (unpaired) electrons. The molecule has 2 unspecified atom stereocenters. The first-order valence-electron chi connectivity index (χ1n) is 8.09. The SMILES string of the molecule is CCC(CC)C(=O)N1CC(C)N(CCN(C)C)C(C)C1. The van der Waals surface area contributed by atoms with Gasteiger partial charge in [0.15, 0.2) is 0 Å². The molecule has 20 heavy (non-hydrogen) atoms. The molecule has 0 aromatic heterocycles. The molecule has 0 saturated carbocycles. The van der Waals surface area contributed by atoms with Crippen LogP contribution in [0.5, 0.6) is 0 Å². The average Bonchev–Trinajstić information content (AvgIpc) is 2.38. The Morgan fingerprint density at radius 1 is 1.15 bits per heavy atom. The molecule has 1 saturated heterocycles. The first-order chi connectivity index (χ1) is 9.40. The Balaban J connectivity index is 2.60. The number of rotatable bonds is 6. The summed E-state index contributed by atoms with van der Waals surface area (Å²) in [5, 5.41) is 0. The van der Waals surface area contributed by atoms with Gasteiger partial charge in [-0.05, 0) is 40.8 Å². The summed E-state index contributed by atoms with van der Waals surface area (Å²) in [6.45, 7) is 12.7. The minimum Gasteiger partial charge on any atom is -0.339 e. The summed E-state index contributed by atoms with van der Waals surface area (Å²) in [4.78, 5) is 19.4. The van der Waals surface area contributed by atoms with Crippen molar-refractivity contribution >= 4 is 5.91 Å². The monoisotopic (exact) mass is 283 g/mol. The van der Waals surface area contributed by atoms with E-state index in [4.69, 9.17) is 0 Å². The molecule has 118 valence electrons. The third-order valence-corrected chi connectivity index (χ3v) is 4.55. The molecular weight excluding hydrogens is 250 g/mol. The van der Waals surface area contributed by atoms with Crippen LogP contribution in [0.4, 0.5) is 0 Å². The number of piperazine rings is 1. The van der Waals surface area contributed by atoms with E-state index in [1.807, 2.05) is 0 Å². The number of amides is 1. The molecule has 0 aromatic rings. The summed E-state index contributed by atoms with van der Waals surface area (Å²) < 4.78 is 0. The molecule has 4 heteroatoms. The van der Waals surface area contributed by atoms with Crippen molar-refractivity contribution in [3.05, 3.63) is 0 Å². The van der Waals surface area contributed by atoms with Crippen molar-refractivity contribution in [3.63, 3.8) is 0 Å². The molecule has 0 N–H and O–H groups in total. The van der Waals surface area contributed by atoms with E-state index >= 15 is 0 Å². The molecule has 1 fully saturated rings. The third-order valence-electron chi connectivity index (χ3n) is 4.55. The van der Waals surface area contributed by atoms with Crippen molar-refractivity contribution in [2.45, 2.75) is 52.6 Å². The van der Waals surface area contributed by atoms with E-state index in [9.17, 15) is 4.79 Å². The van der Waals surface area contributed by atoms with Crippen LogP contribution >= 0.6 is 0 Å². The molecule has 1 aliphatic rings. The van der Waals surface area contributed by atoms with Gasteiger partial charge in [-0.15, -0.1) is 0 Å². The summed E-state index contributed by atoms with van der Waals surface area (Å²) in [6, 6.07) is 0.911. The quantitative estimate of drug-likeness (QED) is 0.745. The van der Waals surface area contributed by atoms with Gasteiger partial charge in [0.1, 0.15) is 0 Å². The predicted octanol–water partition coefficient (Wildman–Crippen LogP) is 1.91. The summed E-state index contributed by atoms with van der Waals surface area (Å²) in [5.41, 5.74) is 0. The van der Waals surface area contributed by atoms with Gasteiger partial charge in [-0.25, -0.2) is 0 Å². The Hall–Kier alpha value is -0.610. The first kappa shape index (κ1) is 17.4. The van der Waals surface area contributed by atoms with Crippen LogP contribution in [0.3, 0.4) is 0 Å². The second-order valence-electron chi connectivity index (χ2n) is 6.50. The fourth-order valence-electron chi connectivity index (χ4n) is 3.19. The Morgan fingerprint density at radius 3 is 2.05 bits per heavy atom. The van der Waals surface area contributed by atoms with Gasteiger partial charge >= 0.3 is 0 Å². The molecule has 1 aliphatic heterocycles. The number of hydrogen-bond donors (Lipinski definition) is 0. The minimum absolute atomic E-state index is 0.211. The topological polar surface area (TPSA) is 26.8 Å². The third kappa shape index (κ3) is 4.45. The maximum Gasteiger partial charge on any atom is 0.225 e. The maximum absolute atomic E-state index is 12.5. The van der Waals surface area contributed by atoms with E-state index in [1.54, 1.807) is 0 Å². The lowest BCUT2D eigenvalue weighted by Gasteiger charge is -2.45. The number of carbonyl (C=O) groups is 1. The number of nitrogens with zero attached hydrogens (tertiary/aromatic N) is 3. The molecule has 0 aromatic carbocycles. The van der Waals surface area contributed by atoms with Crippen molar-refractivity contribution in [2.24, 2.45) is 5.92 Å². The zero-order valence-corrected chi connectivity index (χ0v) is 14.2. The summed E-state index contributed by atoms with van der Waals surface area (Å²) in [5.74, 6) is 0.573. The van der Waals surface area contributed by atoms with E-state index in [0.29, 0.717) is 18.0 Å². The zero-order chi connectivity index (χ0) is 15.3. The molecule has 0 aliphatic carbocycles. The minimum atomic E-state index is 0.211. The van der Waals surface area contributed by atoms with Gasteiger partial charge in [-0.3, -0.25) is 9.69 Å². The predicted molar refractivity (Wildman–Crippen MR) is 84.8 cm³/mol. The number of likely N-dealkylation sites (N-methyl/N-ethyl adjacent to an activating group) is 1. The molecule has 1 rings (SSSR count). The molecule has 1 heterocycles. The Morgan fingerprint density at radius 2 is 1.65 bits per heavy atom. The van der Waals surface area contributed by atoms with E-state index in [0.717, 1.165) is 39.0 Å². The van der Waals surface area contributed by atoms with Gasteiger partial charge in [0.05, 0.1) is 0 Å². The van der Waals surface area contributed by atoms with Gasteiger partial charge in [0.25, 0.3) is 0 Å². The van der Waals surface area contributed by atoms with Crippen LogP contribution in [0.25, 0.3) is 0 Å². The highest BCUT2D eigenvalue weighted by atomic mass is 16.2. The number of carbonyl (C=O) groups excluding carboxylic acids is 1. The lowest BCUT2D eigenvalue weighted by molar-refractivity contribution is -0.140. The second-order valence-corrected chi connectivity index (χ2v) is 6.50. The van der Waals surface area contributed by atoms with Crippen molar-refractivity contribution in [1.29, 1.82) is 0 Å². The van der Waals surface area contributed by atoms with Crippen LogP contribution in [0, 0.1) is 5.92 Å². The van der Waals surface area contributed by atoms with E-state index in [1.165, 1.54) is 0 Å². The van der Waals surface area contributed by atoms with Crippen molar-refractivity contribution in [2.75, 3.05) is 40.3 Å². The molecule has 0 spiro atoms. The molecular formula is C16H33N3O. The average molecular weight is 283 g/mol. The highest BCUT2D eigenvalue weighted by Crippen LogP contribution is 2.19. The Labute approximate surface area is 125 Å². The molecule has 1 amide bonds. The van der Waals surface area contributed by atoms with Crippen molar-refractivity contribution < 1.29 is 4.79 Å². The summed E-state index contributed by atoms with van der Waals surface area (Å²) in [7, 11) is 4.23. The van der Waals surface area contributed by atoms with Crippen molar-refractivity contribution in [1.82, 2.24) is 14.7 Å². The molecule has 4 nitrogen and oxygen atoms in total. The van der Waals surface area contributed by atoms with Gasteiger partial charge < -0.3 is 9.80 Å². The van der Waals surface area contributed by atoms with Gasteiger partial charge in [-0.2, -0.15) is 0 Å². The lowest BCUT2D eigenvalue weighted by Crippen LogP contribution is -2.59. The fourth-order valence-corrected chi connectivity index (χ4v) is 3.19. The smallest absolute Gasteiger partial charge is 0.225 e. The van der Waals surface area contributed by atoms with Crippen LogP contribution in [0.2, 0.25) is 0 Å². The van der Waals surface area contributed by atoms with Gasteiger partial charge in [0, 0.05) is 44.2 Å². The van der Waals surface area contributed by atoms with Gasteiger partial charge in [-0.1, -0.05) is 13.8 Å². The van der Waals surface area contributed by atoms with E-state index in [2.05, 4.69) is 56.5 Å². The Kier molecular flexibility index (Phi) is 6.96. The van der Waals surface area contributed by atoms with E-state index in [-0.39, 0.29) is 5.92 Å². The standard InChI is InChI=1S/C16H33N3O/c1-7-15(8-2)16(20)18-11-13(3)19(14(4)12-18)10-9-17(5)6/h13-15H,7-12H2,1-6H3. The Bertz CT molecular complexity index is 290. The van der Waals surface area contributed by atoms with Crippen LogP contribution in [-0.4, -0.2) is 73.0 Å². The zero-order valence-electron chi connectivity index (χ0n) is 14.2. The van der Waals surface area contributed by atoms with Crippen molar-refractivity contribution in [3.8, 4) is 0 Å². The highest BCUT2D eigenvalue weighted by Gasteiger charge is 2.33. The normalized spacial score (nSPS) is 24.7. The lowest BCUT2D eigenvalue weighted by atomic mass is 9.99.